The molecule has 164 valence electrons. The summed E-state index contributed by atoms with van der Waals surface area (Å²) < 4.78 is 43.8. The molecule has 1 saturated heterocycles. The van der Waals surface area contributed by atoms with E-state index in [1.165, 1.54) is 4.90 Å². The van der Waals surface area contributed by atoms with Crippen molar-refractivity contribution in [2.45, 2.75) is 12.6 Å². The van der Waals surface area contributed by atoms with Gasteiger partial charge in [0.2, 0.25) is 11.8 Å². The predicted molar refractivity (Wildman–Crippen MR) is 111 cm³/mol. The smallest absolute Gasteiger partial charge is 0.417 e. The lowest BCUT2D eigenvalue weighted by Gasteiger charge is -2.12. The molecule has 0 atom stereocenters. The van der Waals surface area contributed by atoms with E-state index < -0.39 is 11.7 Å². The summed E-state index contributed by atoms with van der Waals surface area (Å²) in [5.74, 6) is 0.299. The summed E-state index contributed by atoms with van der Waals surface area (Å²) in [5, 5.41) is 2.76. The molecule has 1 aromatic carbocycles. The number of nitrogens with zero attached hydrogens (tertiary/aromatic N) is 4. The van der Waals surface area contributed by atoms with Crippen molar-refractivity contribution in [3.8, 4) is 11.6 Å². The number of aromatic nitrogens is 3. The van der Waals surface area contributed by atoms with Crippen molar-refractivity contribution in [3.05, 3.63) is 77.3 Å². The maximum Gasteiger partial charge on any atom is 0.417 e. The summed E-state index contributed by atoms with van der Waals surface area (Å²) >= 11 is 5.89. The van der Waals surface area contributed by atoms with E-state index >= 15 is 0 Å². The maximum atomic E-state index is 12.8. The van der Waals surface area contributed by atoms with Crippen molar-refractivity contribution < 1.29 is 22.7 Å². The number of amides is 1. The molecule has 0 spiro atoms. The Morgan fingerprint density at radius 1 is 1.12 bits per heavy atom. The first-order chi connectivity index (χ1) is 15.3. The van der Waals surface area contributed by atoms with E-state index in [0.29, 0.717) is 42.1 Å². The van der Waals surface area contributed by atoms with Crippen LogP contribution in [-0.4, -0.2) is 27.4 Å². The zero-order valence-electron chi connectivity index (χ0n) is 16.3. The fourth-order valence-electron chi connectivity index (χ4n) is 2.96. The molecule has 32 heavy (non-hydrogen) atoms. The zero-order valence-corrected chi connectivity index (χ0v) is 17.1. The normalized spacial score (nSPS) is 15.3. The molecule has 3 heterocycles. The molecule has 1 aliphatic rings. The second kappa shape index (κ2) is 8.83. The second-order valence-electron chi connectivity index (χ2n) is 6.71. The molecule has 0 aliphatic carbocycles. The van der Waals surface area contributed by atoms with Crippen molar-refractivity contribution in [2.24, 2.45) is 0 Å². The molecular formula is C21H15ClF3N5O2. The Labute approximate surface area is 185 Å². The number of anilines is 2. The Bertz CT molecular complexity index is 1170. The summed E-state index contributed by atoms with van der Waals surface area (Å²) in [6.07, 6.45) is 1.35. The molecule has 0 bridgehead atoms. The van der Waals surface area contributed by atoms with Crippen LogP contribution in [-0.2, 0) is 11.0 Å². The van der Waals surface area contributed by atoms with Gasteiger partial charge in [0.05, 0.1) is 5.56 Å². The first kappa shape index (κ1) is 21.6. The maximum absolute atomic E-state index is 12.8. The van der Waals surface area contributed by atoms with Crippen LogP contribution in [0.5, 0.6) is 11.6 Å². The number of rotatable bonds is 5. The minimum Gasteiger partial charge on any atom is -0.437 e. The van der Waals surface area contributed by atoms with Crippen molar-refractivity contribution in [1.29, 1.82) is 0 Å². The zero-order chi connectivity index (χ0) is 22.7. The second-order valence-corrected chi connectivity index (χ2v) is 7.12. The molecule has 0 radical (unpaired) electrons. The Kier molecular flexibility index (Phi) is 5.95. The molecule has 4 rings (SSSR count). The van der Waals surface area contributed by atoms with E-state index in [-0.39, 0.29) is 16.8 Å². The van der Waals surface area contributed by atoms with Crippen LogP contribution in [0.25, 0.3) is 0 Å². The van der Waals surface area contributed by atoms with Gasteiger partial charge in [-0.05, 0) is 30.7 Å². The summed E-state index contributed by atoms with van der Waals surface area (Å²) in [4.78, 5) is 25.9. The molecule has 7 nitrogen and oxygen atoms in total. The van der Waals surface area contributed by atoms with Gasteiger partial charge in [-0.1, -0.05) is 17.7 Å². The topological polar surface area (TPSA) is 80.2 Å². The highest BCUT2D eigenvalue weighted by molar-refractivity contribution is 6.31. The molecule has 11 heteroatoms. The minimum absolute atomic E-state index is 0.153. The van der Waals surface area contributed by atoms with Gasteiger partial charge in [0.25, 0.3) is 5.91 Å². The SMILES string of the molecule is O=C1C(=CNc2cccc(Oc3ncc(C(F)(F)F)cc3Cl)c2)CCN1c1ncccn1. The molecule has 0 unspecified atom stereocenters. The van der Waals surface area contributed by atoms with Crippen LogP contribution < -0.4 is 15.0 Å². The van der Waals surface area contributed by atoms with Gasteiger partial charge < -0.3 is 10.1 Å². The molecule has 1 aliphatic heterocycles. The number of pyridine rings is 1. The molecular weight excluding hydrogens is 447 g/mol. The van der Waals surface area contributed by atoms with Gasteiger partial charge in [-0.25, -0.2) is 15.0 Å². The van der Waals surface area contributed by atoms with Crippen LogP contribution in [0.3, 0.4) is 0 Å². The van der Waals surface area contributed by atoms with Gasteiger partial charge in [-0.15, -0.1) is 0 Å². The molecule has 3 aromatic rings. The average Bonchev–Trinajstić information content (AvgIpc) is 3.14. The fourth-order valence-corrected chi connectivity index (χ4v) is 3.16. The van der Waals surface area contributed by atoms with Crippen LogP contribution in [0.1, 0.15) is 12.0 Å². The van der Waals surface area contributed by atoms with Crippen LogP contribution in [0.2, 0.25) is 5.02 Å². The molecule has 0 saturated carbocycles. The first-order valence-corrected chi connectivity index (χ1v) is 9.74. The van der Waals surface area contributed by atoms with Crippen LogP contribution >= 0.6 is 11.6 Å². The largest absolute Gasteiger partial charge is 0.437 e. The summed E-state index contributed by atoms with van der Waals surface area (Å²) in [6, 6.07) is 9.04. The Hall–Kier alpha value is -3.66. The summed E-state index contributed by atoms with van der Waals surface area (Å²) in [5.41, 5.74) is 0.185. The molecule has 2 aromatic heterocycles. The standard InChI is InChI=1S/C21H15ClF3N5O2/c22-17-9-14(21(23,24)25)12-29-18(17)32-16-4-1-3-15(10-16)28-11-13-5-8-30(19(13)31)20-26-6-2-7-27-20/h1-4,6-7,9-12,28H,5,8H2. The van der Waals surface area contributed by atoms with Crippen LogP contribution in [0.15, 0.2) is 66.8 Å². The fraction of sp³-hybridized carbons (Fsp3) is 0.143. The van der Waals surface area contributed by atoms with Crippen molar-refractivity contribution in [3.63, 3.8) is 0 Å². The highest BCUT2D eigenvalue weighted by Crippen LogP contribution is 2.35. The van der Waals surface area contributed by atoms with Gasteiger partial charge in [0.15, 0.2) is 0 Å². The minimum atomic E-state index is -4.55. The number of benzene rings is 1. The number of carbonyl (C=O) groups is 1. The Balaban J connectivity index is 1.44. The van der Waals surface area contributed by atoms with Gasteiger partial charge in [-0.3, -0.25) is 9.69 Å². The quantitative estimate of drug-likeness (QED) is 0.534. The molecule has 1 N–H and O–H groups in total. The Morgan fingerprint density at radius 3 is 2.62 bits per heavy atom. The number of nitrogens with one attached hydrogen (secondary N) is 1. The number of hydrogen-bond donors (Lipinski definition) is 1. The van der Waals surface area contributed by atoms with Gasteiger partial charge in [-0.2, -0.15) is 13.2 Å². The lowest BCUT2D eigenvalue weighted by molar-refractivity contribution is -0.137. The number of carbonyl (C=O) groups excluding carboxylic acids is 1. The average molecular weight is 462 g/mol. The lowest BCUT2D eigenvalue weighted by atomic mass is 10.2. The number of ether oxygens (including phenoxy) is 1. The van der Waals surface area contributed by atoms with Crippen LogP contribution in [0, 0.1) is 0 Å². The van der Waals surface area contributed by atoms with Crippen LogP contribution in [0.4, 0.5) is 24.8 Å². The summed E-state index contributed by atoms with van der Waals surface area (Å²) in [7, 11) is 0. The highest BCUT2D eigenvalue weighted by Gasteiger charge is 2.32. The van der Waals surface area contributed by atoms with Gasteiger partial charge in [0.1, 0.15) is 10.8 Å². The summed E-state index contributed by atoms with van der Waals surface area (Å²) in [6.45, 7) is 0.470. The lowest BCUT2D eigenvalue weighted by Crippen LogP contribution is -2.26. The third-order valence-electron chi connectivity index (χ3n) is 4.51. The van der Waals surface area contributed by atoms with E-state index in [9.17, 15) is 18.0 Å². The number of halogens is 4. The van der Waals surface area contributed by atoms with E-state index in [1.54, 1.807) is 48.9 Å². The Morgan fingerprint density at radius 2 is 1.91 bits per heavy atom. The van der Waals surface area contributed by atoms with Gasteiger partial charge in [0, 0.05) is 48.7 Å². The van der Waals surface area contributed by atoms with Crippen molar-refractivity contribution in [2.75, 3.05) is 16.8 Å². The van der Waals surface area contributed by atoms with E-state index in [2.05, 4.69) is 20.3 Å². The third kappa shape index (κ3) is 4.80. The van der Waals surface area contributed by atoms with Gasteiger partial charge >= 0.3 is 6.18 Å². The van der Waals surface area contributed by atoms with E-state index in [4.69, 9.17) is 16.3 Å². The van der Waals surface area contributed by atoms with Crippen molar-refractivity contribution in [1.82, 2.24) is 15.0 Å². The van der Waals surface area contributed by atoms with E-state index in [1.807, 2.05) is 0 Å². The number of alkyl halides is 3. The first-order valence-electron chi connectivity index (χ1n) is 9.36. The third-order valence-corrected chi connectivity index (χ3v) is 4.79. The highest BCUT2D eigenvalue weighted by atomic mass is 35.5. The predicted octanol–water partition coefficient (Wildman–Crippen LogP) is 5.07. The molecule has 1 amide bonds. The monoisotopic (exact) mass is 461 g/mol. The molecule has 1 fully saturated rings. The van der Waals surface area contributed by atoms with E-state index in [0.717, 1.165) is 6.07 Å². The number of hydrogen-bond acceptors (Lipinski definition) is 6. The van der Waals surface area contributed by atoms with Crippen molar-refractivity contribution >= 4 is 29.1 Å².